The normalized spacial score (nSPS) is 18.3. The first-order valence-corrected chi connectivity index (χ1v) is 10.5. The number of carbonyl (C=O) groups is 2. The minimum Gasteiger partial charge on any atom is -0.480 e. The Kier molecular flexibility index (Phi) is 6.28. The number of benzene rings is 3. The van der Waals surface area contributed by atoms with E-state index in [2.05, 4.69) is 0 Å². The first-order chi connectivity index (χ1) is 15.9. The molecule has 1 aliphatic rings. The number of nitro benzene ring substituents is 1. The first-order valence-electron chi connectivity index (χ1n) is 10.1. The van der Waals surface area contributed by atoms with E-state index < -0.39 is 35.0 Å². The summed E-state index contributed by atoms with van der Waals surface area (Å²) >= 11 is 5.91. The number of β-lactam (4-membered cyclic amide) rings is 1. The second-order valence-electron chi connectivity index (χ2n) is 7.54. The van der Waals surface area contributed by atoms with Crippen molar-refractivity contribution in [3.05, 3.63) is 105 Å². The lowest BCUT2D eigenvalue weighted by molar-refractivity contribution is -0.386. The molecule has 1 saturated heterocycles. The summed E-state index contributed by atoms with van der Waals surface area (Å²) in [6, 6.07) is 19.0. The van der Waals surface area contributed by atoms with Crippen molar-refractivity contribution in [1.82, 2.24) is 4.90 Å². The van der Waals surface area contributed by atoms with Gasteiger partial charge in [0.15, 0.2) is 0 Å². The van der Waals surface area contributed by atoms with Gasteiger partial charge < -0.3 is 14.7 Å². The van der Waals surface area contributed by atoms with E-state index in [9.17, 15) is 24.8 Å². The third-order valence-electron chi connectivity index (χ3n) is 5.51. The fourth-order valence-corrected chi connectivity index (χ4v) is 4.09. The standard InChI is InChI=1S/C24H19ClN2O6/c25-16-10-12-17(13-11-16)33-22-21(18-8-4-5-9-19(18)27(31)32)26(23(22)28)20(24(29)30)14-15-6-2-1-3-7-15/h1-13,20-22H,14H2,(H,29,30). The molecule has 168 valence electrons. The second kappa shape index (κ2) is 9.30. The number of rotatable bonds is 8. The lowest BCUT2D eigenvalue weighted by Crippen LogP contribution is -2.66. The SMILES string of the molecule is O=C(O)C(Cc1ccccc1)N1C(=O)C(Oc2ccc(Cl)cc2)C1c1ccccc1[N+](=O)[O-]. The fourth-order valence-electron chi connectivity index (χ4n) is 3.96. The molecule has 0 aromatic heterocycles. The molecular formula is C24H19ClN2O6. The Balaban J connectivity index is 1.73. The van der Waals surface area contributed by atoms with Gasteiger partial charge in [-0.3, -0.25) is 14.9 Å². The third kappa shape index (κ3) is 4.51. The number of ether oxygens (including phenoxy) is 1. The maximum Gasteiger partial charge on any atom is 0.326 e. The fraction of sp³-hybridized carbons (Fsp3) is 0.167. The number of amides is 1. The van der Waals surface area contributed by atoms with E-state index in [1.54, 1.807) is 60.7 Å². The molecule has 3 atom stereocenters. The van der Waals surface area contributed by atoms with E-state index in [1.165, 1.54) is 18.2 Å². The van der Waals surface area contributed by atoms with Crippen molar-refractivity contribution in [2.24, 2.45) is 0 Å². The summed E-state index contributed by atoms with van der Waals surface area (Å²) in [7, 11) is 0. The number of para-hydroxylation sites is 1. The van der Waals surface area contributed by atoms with Crippen molar-refractivity contribution in [3.63, 3.8) is 0 Å². The van der Waals surface area contributed by atoms with Crippen LogP contribution in [0.15, 0.2) is 78.9 Å². The molecule has 1 aliphatic heterocycles. The van der Waals surface area contributed by atoms with Gasteiger partial charge in [0.1, 0.15) is 17.8 Å². The Morgan fingerprint density at radius 3 is 2.33 bits per heavy atom. The predicted octanol–water partition coefficient (Wildman–Crippen LogP) is 4.28. The first kappa shape index (κ1) is 22.3. The molecule has 0 saturated carbocycles. The van der Waals surface area contributed by atoms with Crippen molar-refractivity contribution >= 4 is 29.2 Å². The number of hydrogen-bond donors (Lipinski definition) is 1. The van der Waals surface area contributed by atoms with E-state index in [1.807, 2.05) is 0 Å². The molecule has 3 aromatic rings. The summed E-state index contributed by atoms with van der Waals surface area (Å²) in [5.74, 6) is -1.42. The number of likely N-dealkylation sites (tertiary alicyclic amines) is 1. The number of carboxylic acids is 1. The van der Waals surface area contributed by atoms with Crippen molar-refractivity contribution in [2.75, 3.05) is 0 Å². The zero-order valence-electron chi connectivity index (χ0n) is 17.2. The lowest BCUT2D eigenvalue weighted by atomic mass is 9.86. The highest BCUT2D eigenvalue weighted by molar-refractivity contribution is 6.30. The Labute approximate surface area is 194 Å². The van der Waals surface area contributed by atoms with Gasteiger partial charge in [0.05, 0.1) is 10.5 Å². The van der Waals surface area contributed by atoms with Crippen LogP contribution < -0.4 is 4.74 Å². The van der Waals surface area contributed by atoms with Gasteiger partial charge in [-0.2, -0.15) is 0 Å². The van der Waals surface area contributed by atoms with Crippen LogP contribution >= 0.6 is 11.6 Å². The third-order valence-corrected chi connectivity index (χ3v) is 5.76. The highest BCUT2D eigenvalue weighted by Gasteiger charge is 2.56. The Morgan fingerprint density at radius 1 is 1.06 bits per heavy atom. The van der Waals surface area contributed by atoms with Gasteiger partial charge in [-0.25, -0.2) is 4.79 Å². The Hall–Kier alpha value is -3.91. The molecule has 8 nitrogen and oxygen atoms in total. The maximum atomic E-state index is 13.2. The van der Waals surface area contributed by atoms with Gasteiger partial charge in [-0.15, -0.1) is 0 Å². The average molecular weight is 467 g/mol. The Morgan fingerprint density at radius 2 is 1.70 bits per heavy atom. The summed E-state index contributed by atoms with van der Waals surface area (Å²) in [5.41, 5.74) is 0.718. The zero-order chi connectivity index (χ0) is 23.5. The molecule has 9 heteroatoms. The molecule has 0 radical (unpaired) electrons. The molecule has 1 heterocycles. The van der Waals surface area contributed by atoms with Crippen LogP contribution in [0.25, 0.3) is 0 Å². The summed E-state index contributed by atoms with van der Waals surface area (Å²) in [6.07, 6.45) is -1.07. The maximum absolute atomic E-state index is 13.2. The van der Waals surface area contributed by atoms with E-state index in [4.69, 9.17) is 16.3 Å². The molecule has 0 spiro atoms. The summed E-state index contributed by atoms with van der Waals surface area (Å²) in [6.45, 7) is 0. The van der Waals surface area contributed by atoms with Crippen LogP contribution in [0.4, 0.5) is 5.69 Å². The average Bonchev–Trinajstić information content (AvgIpc) is 2.81. The quantitative estimate of drug-likeness (QED) is 0.301. The number of nitro groups is 1. The molecular weight excluding hydrogens is 448 g/mol. The van der Waals surface area contributed by atoms with Crippen molar-refractivity contribution in [3.8, 4) is 5.75 Å². The van der Waals surface area contributed by atoms with Crippen LogP contribution in [-0.4, -0.2) is 39.0 Å². The number of aliphatic carboxylic acids is 1. The van der Waals surface area contributed by atoms with Crippen LogP contribution in [0, 0.1) is 10.1 Å². The van der Waals surface area contributed by atoms with Gasteiger partial charge in [0.2, 0.25) is 6.10 Å². The Bertz CT molecular complexity index is 1190. The van der Waals surface area contributed by atoms with Crippen LogP contribution in [0.5, 0.6) is 5.75 Å². The van der Waals surface area contributed by atoms with E-state index in [0.29, 0.717) is 10.8 Å². The predicted molar refractivity (Wildman–Crippen MR) is 120 cm³/mol. The number of nitrogens with zero attached hydrogens (tertiary/aromatic N) is 2. The number of halogens is 1. The lowest BCUT2D eigenvalue weighted by Gasteiger charge is -2.49. The minimum atomic E-state index is -1.23. The van der Waals surface area contributed by atoms with Crippen LogP contribution in [0.2, 0.25) is 5.02 Å². The minimum absolute atomic E-state index is 0.0483. The highest BCUT2D eigenvalue weighted by atomic mass is 35.5. The monoisotopic (exact) mass is 466 g/mol. The van der Waals surface area contributed by atoms with E-state index >= 15 is 0 Å². The van der Waals surface area contributed by atoms with Gasteiger partial charge in [0.25, 0.3) is 11.6 Å². The van der Waals surface area contributed by atoms with Crippen LogP contribution in [0.3, 0.4) is 0 Å². The molecule has 33 heavy (non-hydrogen) atoms. The van der Waals surface area contributed by atoms with Gasteiger partial charge in [0, 0.05) is 17.5 Å². The molecule has 0 bridgehead atoms. The number of carboxylic acid groups (broad SMARTS) is 1. The van der Waals surface area contributed by atoms with E-state index in [-0.39, 0.29) is 17.7 Å². The van der Waals surface area contributed by atoms with Crippen molar-refractivity contribution in [2.45, 2.75) is 24.6 Å². The van der Waals surface area contributed by atoms with Crippen LogP contribution in [-0.2, 0) is 16.0 Å². The van der Waals surface area contributed by atoms with Gasteiger partial charge in [-0.1, -0.05) is 54.1 Å². The molecule has 4 rings (SSSR count). The highest BCUT2D eigenvalue weighted by Crippen LogP contribution is 2.43. The summed E-state index contributed by atoms with van der Waals surface area (Å²) in [5, 5.41) is 22.1. The molecule has 1 amide bonds. The second-order valence-corrected chi connectivity index (χ2v) is 7.98. The molecule has 0 aliphatic carbocycles. The smallest absolute Gasteiger partial charge is 0.326 e. The summed E-state index contributed by atoms with van der Waals surface area (Å²) in [4.78, 5) is 37.7. The zero-order valence-corrected chi connectivity index (χ0v) is 18.0. The van der Waals surface area contributed by atoms with Gasteiger partial charge >= 0.3 is 5.97 Å². The summed E-state index contributed by atoms with van der Waals surface area (Å²) < 4.78 is 5.86. The molecule has 1 N–H and O–H groups in total. The van der Waals surface area contributed by atoms with E-state index in [0.717, 1.165) is 10.5 Å². The largest absolute Gasteiger partial charge is 0.480 e. The molecule has 3 aromatic carbocycles. The van der Waals surface area contributed by atoms with Gasteiger partial charge in [-0.05, 0) is 35.9 Å². The van der Waals surface area contributed by atoms with Crippen molar-refractivity contribution in [1.29, 1.82) is 0 Å². The van der Waals surface area contributed by atoms with Crippen molar-refractivity contribution < 1.29 is 24.4 Å². The van der Waals surface area contributed by atoms with Crippen LogP contribution in [0.1, 0.15) is 17.2 Å². The number of carbonyl (C=O) groups excluding carboxylic acids is 1. The topological polar surface area (TPSA) is 110 Å². The number of hydrogen-bond acceptors (Lipinski definition) is 5. The molecule has 1 fully saturated rings. The molecule has 3 unspecified atom stereocenters.